The summed E-state index contributed by atoms with van der Waals surface area (Å²) in [4.78, 5) is 9.30. The normalized spacial score (nSPS) is 16.7. The Labute approximate surface area is 126 Å². The third kappa shape index (κ3) is 2.18. The van der Waals surface area contributed by atoms with Gasteiger partial charge in [-0.3, -0.25) is 5.10 Å². The molecule has 4 heterocycles. The smallest absolute Gasteiger partial charge is 0.158 e. The van der Waals surface area contributed by atoms with Crippen LogP contribution in [0.2, 0.25) is 0 Å². The Morgan fingerprint density at radius 3 is 2.86 bits per heavy atom. The highest BCUT2D eigenvalue weighted by Gasteiger charge is 2.20. The van der Waals surface area contributed by atoms with E-state index in [1.165, 1.54) is 0 Å². The number of aromatic amines is 1. The monoisotopic (exact) mass is 300 g/mol. The minimum atomic E-state index is 0.864. The number of piperazine rings is 1. The number of fused-ring (bicyclic) bond motifs is 1. The van der Waals surface area contributed by atoms with Crippen molar-refractivity contribution in [2.75, 3.05) is 38.1 Å². The fourth-order valence-corrected chi connectivity index (χ4v) is 3.37. The largest absolute Gasteiger partial charge is 0.352 e. The van der Waals surface area contributed by atoms with E-state index in [0.717, 1.165) is 54.2 Å². The molecule has 0 amide bonds. The van der Waals surface area contributed by atoms with Crippen molar-refractivity contribution in [3.8, 4) is 11.1 Å². The lowest BCUT2D eigenvalue weighted by atomic mass is 10.1. The second-order valence-corrected chi connectivity index (χ2v) is 6.11. The van der Waals surface area contributed by atoms with Gasteiger partial charge in [-0.25, -0.2) is 4.98 Å². The first kappa shape index (κ1) is 12.7. The number of hydrogen-bond donors (Lipinski definition) is 1. The molecule has 0 aromatic carbocycles. The molecular formula is C14H16N6S. The van der Waals surface area contributed by atoms with Crippen LogP contribution in [-0.4, -0.2) is 58.5 Å². The second kappa shape index (κ2) is 5.09. The molecule has 0 aliphatic carbocycles. The third-order valence-corrected chi connectivity index (χ3v) is 4.66. The van der Waals surface area contributed by atoms with E-state index in [4.69, 9.17) is 0 Å². The molecule has 1 aliphatic rings. The maximum Gasteiger partial charge on any atom is 0.158 e. The Hall–Kier alpha value is -1.99. The lowest BCUT2D eigenvalue weighted by molar-refractivity contribution is 0.312. The van der Waals surface area contributed by atoms with E-state index in [9.17, 15) is 0 Å². The Morgan fingerprint density at radius 2 is 2.10 bits per heavy atom. The van der Waals surface area contributed by atoms with Crippen LogP contribution in [0.5, 0.6) is 0 Å². The zero-order valence-corrected chi connectivity index (χ0v) is 12.6. The lowest BCUT2D eigenvalue weighted by Gasteiger charge is -2.33. The Morgan fingerprint density at radius 1 is 1.24 bits per heavy atom. The fraction of sp³-hybridized carbons (Fsp3) is 0.357. The molecule has 0 atom stereocenters. The van der Waals surface area contributed by atoms with Crippen molar-refractivity contribution in [3.63, 3.8) is 0 Å². The molecule has 1 fully saturated rings. The van der Waals surface area contributed by atoms with Gasteiger partial charge in [0.05, 0.1) is 5.52 Å². The van der Waals surface area contributed by atoms with Crippen molar-refractivity contribution >= 4 is 28.2 Å². The first-order chi connectivity index (χ1) is 10.3. The van der Waals surface area contributed by atoms with Crippen LogP contribution in [-0.2, 0) is 0 Å². The molecule has 0 saturated carbocycles. The summed E-state index contributed by atoms with van der Waals surface area (Å²) in [6, 6.07) is 2.09. The highest BCUT2D eigenvalue weighted by atomic mass is 32.1. The summed E-state index contributed by atoms with van der Waals surface area (Å²) in [5.74, 6) is 0.936. The van der Waals surface area contributed by atoms with Crippen molar-refractivity contribution in [2.24, 2.45) is 0 Å². The minimum Gasteiger partial charge on any atom is -0.352 e. The van der Waals surface area contributed by atoms with E-state index in [2.05, 4.69) is 54.1 Å². The molecule has 3 aromatic heterocycles. The van der Waals surface area contributed by atoms with Gasteiger partial charge in [0.2, 0.25) is 0 Å². The van der Waals surface area contributed by atoms with Crippen LogP contribution < -0.4 is 4.90 Å². The number of nitrogens with zero attached hydrogens (tertiary/aromatic N) is 5. The van der Waals surface area contributed by atoms with E-state index in [1.54, 1.807) is 11.3 Å². The molecule has 3 aromatic rings. The van der Waals surface area contributed by atoms with Gasteiger partial charge in [0.25, 0.3) is 0 Å². The summed E-state index contributed by atoms with van der Waals surface area (Å²) in [7, 11) is 2.15. The standard InChI is InChI=1S/C14H16N6S/c1-19-3-5-20(6-4-19)14-13-12(16-18-17-13)11(8-15-14)10-2-7-21-9-10/h2,7-9H,3-6H2,1H3,(H,16,17,18). The van der Waals surface area contributed by atoms with Crippen molar-refractivity contribution in [1.29, 1.82) is 0 Å². The Kier molecular flexibility index (Phi) is 3.08. The van der Waals surface area contributed by atoms with Crippen molar-refractivity contribution in [1.82, 2.24) is 25.3 Å². The first-order valence-corrected chi connectivity index (χ1v) is 7.93. The minimum absolute atomic E-state index is 0.864. The van der Waals surface area contributed by atoms with Crippen molar-refractivity contribution < 1.29 is 0 Å². The van der Waals surface area contributed by atoms with Gasteiger partial charge < -0.3 is 9.80 Å². The second-order valence-electron chi connectivity index (χ2n) is 5.33. The predicted octanol–water partition coefficient (Wildman–Crippen LogP) is 1.83. The molecule has 0 bridgehead atoms. The lowest BCUT2D eigenvalue weighted by Crippen LogP contribution is -2.44. The highest BCUT2D eigenvalue weighted by Crippen LogP contribution is 2.31. The van der Waals surface area contributed by atoms with Gasteiger partial charge in [-0.1, -0.05) is 5.21 Å². The summed E-state index contributed by atoms with van der Waals surface area (Å²) >= 11 is 1.68. The quantitative estimate of drug-likeness (QED) is 0.782. The number of rotatable bonds is 2. The van der Waals surface area contributed by atoms with Crippen molar-refractivity contribution in [3.05, 3.63) is 23.0 Å². The average Bonchev–Trinajstić information content (AvgIpc) is 3.19. The summed E-state index contributed by atoms with van der Waals surface area (Å²) in [5, 5.41) is 15.5. The molecule has 7 heteroatoms. The molecule has 4 rings (SSSR count). The Balaban J connectivity index is 1.78. The number of likely N-dealkylation sites (N-methyl/N-ethyl adjacent to an activating group) is 1. The number of pyridine rings is 1. The fourth-order valence-electron chi connectivity index (χ4n) is 2.71. The van der Waals surface area contributed by atoms with Gasteiger partial charge in [0, 0.05) is 37.9 Å². The first-order valence-electron chi connectivity index (χ1n) is 6.99. The van der Waals surface area contributed by atoms with E-state index in [1.807, 2.05) is 6.20 Å². The molecule has 0 spiro atoms. The molecule has 0 unspecified atom stereocenters. The summed E-state index contributed by atoms with van der Waals surface area (Å²) < 4.78 is 0. The molecule has 1 saturated heterocycles. The molecule has 21 heavy (non-hydrogen) atoms. The maximum atomic E-state index is 4.67. The number of H-pyrrole nitrogens is 1. The zero-order chi connectivity index (χ0) is 14.2. The number of aromatic nitrogens is 4. The van der Waals surface area contributed by atoms with E-state index < -0.39 is 0 Å². The van der Waals surface area contributed by atoms with Crippen LogP contribution in [0.15, 0.2) is 23.0 Å². The van der Waals surface area contributed by atoms with Crippen LogP contribution in [0.1, 0.15) is 0 Å². The van der Waals surface area contributed by atoms with Crippen LogP contribution >= 0.6 is 11.3 Å². The summed E-state index contributed by atoms with van der Waals surface area (Å²) in [6.07, 6.45) is 1.93. The van der Waals surface area contributed by atoms with E-state index in [0.29, 0.717) is 0 Å². The average molecular weight is 300 g/mol. The number of thiophene rings is 1. The molecule has 1 aliphatic heterocycles. The van der Waals surface area contributed by atoms with Gasteiger partial charge in [-0.05, 0) is 29.4 Å². The number of anilines is 1. The van der Waals surface area contributed by atoms with Gasteiger partial charge in [0.15, 0.2) is 11.3 Å². The van der Waals surface area contributed by atoms with Gasteiger partial charge in [0.1, 0.15) is 0 Å². The number of hydrogen-bond acceptors (Lipinski definition) is 6. The SMILES string of the molecule is CN1CCN(c2ncc(-c3ccsc3)c3[nH]nnc23)CC1. The van der Waals surface area contributed by atoms with Gasteiger partial charge >= 0.3 is 0 Å². The van der Waals surface area contributed by atoms with Gasteiger partial charge in [-0.15, -0.1) is 5.10 Å². The maximum absolute atomic E-state index is 4.67. The van der Waals surface area contributed by atoms with Crippen molar-refractivity contribution in [2.45, 2.75) is 0 Å². The molecule has 108 valence electrons. The summed E-state index contributed by atoms with van der Waals surface area (Å²) in [6.45, 7) is 4.05. The summed E-state index contributed by atoms with van der Waals surface area (Å²) in [5.41, 5.74) is 4.06. The van der Waals surface area contributed by atoms with Crippen LogP contribution in [0.3, 0.4) is 0 Å². The van der Waals surface area contributed by atoms with Gasteiger partial charge in [-0.2, -0.15) is 11.3 Å². The number of nitrogens with one attached hydrogen (secondary N) is 1. The Bertz CT molecular complexity index is 742. The van der Waals surface area contributed by atoms with E-state index in [-0.39, 0.29) is 0 Å². The zero-order valence-electron chi connectivity index (χ0n) is 11.8. The van der Waals surface area contributed by atoms with Crippen LogP contribution in [0.4, 0.5) is 5.82 Å². The third-order valence-electron chi connectivity index (χ3n) is 3.98. The molecular weight excluding hydrogens is 284 g/mol. The molecule has 1 N–H and O–H groups in total. The van der Waals surface area contributed by atoms with Crippen LogP contribution in [0, 0.1) is 0 Å². The topological polar surface area (TPSA) is 60.9 Å². The van der Waals surface area contributed by atoms with E-state index >= 15 is 0 Å². The predicted molar refractivity (Wildman–Crippen MR) is 84.7 cm³/mol. The van der Waals surface area contributed by atoms with Crippen LogP contribution in [0.25, 0.3) is 22.2 Å². The molecule has 0 radical (unpaired) electrons. The highest BCUT2D eigenvalue weighted by molar-refractivity contribution is 7.08. The molecule has 6 nitrogen and oxygen atoms in total.